The fraction of sp³-hybridized carbons (Fsp3) is 1.00. The first-order valence-corrected chi connectivity index (χ1v) is 7.62. The van der Waals surface area contributed by atoms with Crippen molar-refractivity contribution in [3.8, 4) is 0 Å². The van der Waals surface area contributed by atoms with Crippen LogP contribution < -0.4 is 5.73 Å². The van der Waals surface area contributed by atoms with Gasteiger partial charge in [-0.1, -0.05) is 20.3 Å². The van der Waals surface area contributed by atoms with Gasteiger partial charge in [-0.3, -0.25) is 0 Å². The Bertz CT molecular complexity index is 309. The Morgan fingerprint density at radius 2 is 1.93 bits per heavy atom. The van der Waals surface area contributed by atoms with Gasteiger partial charge in [-0.05, 0) is 37.1 Å². The summed E-state index contributed by atoms with van der Waals surface area (Å²) in [5.41, 5.74) is 5.81. The minimum absolute atomic E-state index is 0.0728. The van der Waals surface area contributed by atoms with Crippen molar-refractivity contribution in [3.63, 3.8) is 0 Å². The van der Waals surface area contributed by atoms with E-state index in [0.29, 0.717) is 12.5 Å². The molecule has 0 amide bonds. The molecule has 0 bridgehead atoms. The zero-order chi connectivity index (χ0) is 11.7. The fourth-order valence-corrected chi connectivity index (χ4v) is 3.59. The van der Waals surface area contributed by atoms with E-state index in [9.17, 15) is 8.42 Å². The van der Waals surface area contributed by atoms with Gasteiger partial charge in [0.1, 0.15) is 9.84 Å². The fourth-order valence-electron chi connectivity index (χ4n) is 2.41. The summed E-state index contributed by atoms with van der Waals surface area (Å²) in [6.07, 6.45) is 5.12. The Hall–Kier alpha value is -0.0900. The van der Waals surface area contributed by atoms with E-state index in [-0.39, 0.29) is 10.7 Å². The van der Waals surface area contributed by atoms with Crippen LogP contribution >= 0.6 is 0 Å². The molecule has 0 saturated heterocycles. The Labute approximate surface area is 93.3 Å². The summed E-state index contributed by atoms with van der Waals surface area (Å²) in [7, 11) is -2.87. The normalized spacial score (nSPS) is 29.1. The van der Waals surface area contributed by atoms with Crippen LogP contribution in [-0.2, 0) is 9.84 Å². The average molecular weight is 233 g/mol. The molecule has 0 radical (unpaired) electrons. The Morgan fingerprint density at radius 3 is 2.40 bits per heavy atom. The van der Waals surface area contributed by atoms with E-state index in [1.165, 1.54) is 6.26 Å². The van der Waals surface area contributed by atoms with Gasteiger partial charge >= 0.3 is 0 Å². The van der Waals surface area contributed by atoms with Gasteiger partial charge in [-0.15, -0.1) is 0 Å². The summed E-state index contributed by atoms with van der Waals surface area (Å²) in [6, 6.07) is 0. The summed E-state index contributed by atoms with van der Waals surface area (Å²) in [5, 5.41) is -0.137. The lowest BCUT2D eigenvalue weighted by Crippen LogP contribution is -2.38. The molecule has 2 atom stereocenters. The lowest BCUT2D eigenvalue weighted by molar-refractivity contribution is 0.168. The number of nitrogens with two attached hydrogens (primary N) is 1. The van der Waals surface area contributed by atoms with Crippen LogP contribution in [0.3, 0.4) is 0 Å². The second-order valence-corrected chi connectivity index (χ2v) is 7.83. The predicted octanol–water partition coefficient (Wildman–Crippen LogP) is 1.57. The largest absolute Gasteiger partial charge is 0.330 e. The lowest BCUT2D eigenvalue weighted by Gasteiger charge is -2.38. The van der Waals surface area contributed by atoms with Crippen LogP contribution in [0.25, 0.3) is 0 Å². The highest BCUT2D eigenvalue weighted by atomic mass is 32.2. The van der Waals surface area contributed by atoms with Gasteiger partial charge in [-0.2, -0.15) is 0 Å². The Balaban J connectivity index is 2.73. The zero-order valence-electron chi connectivity index (χ0n) is 9.99. The molecular weight excluding hydrogens is 210 g/mol. The SMILES string of the molecule is CC(C)(CN)C1CCCC(S(C)(=O)=O)C1. The van der Waals surface area contributed by atoms with E-state index in [4.69, 9.17) is 5.73 Å². The predicted molar refractivity (Wildman–Crippen MR) is 63.4 cm³/mol. The van der Waals surface area contributed by atoms with Crippen molar-refractivity contribution in [2.24, 2.45) is 17.1 Å². The smallest absolute Gasteiger partial charge is 0.150 e. The highest BCUT2D eigenvalue weighted by molar-refractivity contribution is 7.91. The summed E-state index contributed by atoms with van der Waals surface area (Å²) < 4.78 is 23.0. The van der Waals surface area contributed by atoms with E-state index in [0.717, 1.165) is 25.7 Å². The van der Waals surface area contributed by atoms with Crippen LogP contribution in [0, 0.1) is 11.3 Å². The van der Waals surface area contributed by atoms with Crippen molar-refractivity contribution in [2.45, 2.75) is 44.8 Å². The molecule has 1 saturated carbocycles. The molecule has 3 nitrogen and oxygen atoms in total. The maximum absolute atomic E-state index is 11.5. The first kappa shape index (κ1) is 13.0. The van der Waals surface area contributed by atoms with Crippen LogP contribution in [0.1, 0.15) is 39.5 Å². The number of rotatable bonds is 3. The molecular formula is C11H23NO2S. The second kappa shape index (κ2) is 4.42. The lowest BCUT2D eigenvalue weighted by atomic mass is 9.71. The van der Waals surface area contributed by atoms with Crippen molar-refractivity contribution in [1.29, 1.82) is 0 Å². The first-order chi connectivity index (χ1) is 6.77. The molecule has 1 aliphatic rings. The van der Waals surface area contributed by atoms with E-state index in [1.54, 1.807) is 0 Å². The van der Waals surface area contributed by atoms with Gasteiger partial charge in [0.15, 0.2) is 0 Å². The second-order valence-electron chi connectivity index (χ2n) is 5.51. The molecule has 0 aromatic rings. The molecule has 0 aromatic heterocycles. The minimum Gasteiger partial charge on any atom is -0.330 e. The van der Waals surface area contributed by atoms with Crippen LogP contribution in [0.4, 0.5) is 0 Å². The quantitative estimate of drug-likeness (QED) is 0.805. The molecule has 0 aliphatic heterocycles. The molecule has 1 rings (SSSR count). The molecule has 0 aromatic carbocycles. The monoisotopic (exact) mass is 233 g/mol. The number of hydrogen-bond acceptors (Lipinski definition) is 3. The van der Waals surface area contributed by atoms with Gasteiger partial charge < -0.3 is 5.73 Å². The molecule has 15 heavy (non-hydrogen) atoms. The van der Waals surface area contributed by atoms with Crippen LogP contribution in [0.2, 0.25) is 0 Å². The van der Waals surface area contributed by atoms with Gasteiger partial charge in [0, 0.05) is 6.26 Å². The Morgan fingerprint density at radius 1 is 1.33 bits per heavy atom. The summed E-state index contributed by atoms with van der Waals surface area (Å²) in [6.45, 7) is 4.92. The van der Waals surface area contributed by atoms with E-state index in [2.05, 4.69) is 13.8 Å². The molecule has 4 heteroatoms. The summed E-state index contributed by atoms with van der Waals surface area (Å²) >= 11 is 0. The average Bonchev–Trinajstić information content (AvgIpc) is 2.17. The molecule has 1 aliphatic carbocycles. The maximum atomic E-state index is 11.5. The first-order valence-electron chi connectivity index (χ1n) is 5.66. The molecule has 0 heterocycles. The van der Waals surface area contributed by atoms with E-state index >= 15 is 0 Å². The highest BCUT2D eigenvalue weighted by Crippen LogP contribution is 2.39. The Kier molecular flexibility index (Phi) is 3.82. The third kappa shape index (κ3) is 3.18. The van der Waals surface area contributed by atoms with Crippen molar-refractivity contribution >= 4 is 9.84 Å². The number of hydrogen-bond donors (Lipinski definition) is 1. The van der Waals surface area contributed by atoms with Gasteiger partial charge in [0.25, 0.3) is 0 Å². The van der Waals surface area contributed by atoms with Crippen LogP contribution in [0.5, 0.6) is 0 Å². The van der Waals surface area contributed by atoms with Crippen LogP contribution in [-0.4, -0.2) is 26.5 Å². The molecule has 0 spiro atoms. The maximum Gasteiger partial charge on any atom is 0.150 e. The van der Waals surface area contributed by atoms with E-state index < -0.39 is 9.84 Å². The molecule has 1 fully saturated rings. The minimum atomic E-state index is -2.87. The number of sulfone groups is 1. The molecule has 90 valence electrons. The van der Waals surface area contributed by atoms with Crippen molar-refractivity contribution in [3.05, 3.63) is 0 Å². The standard InChI is InChI=1S/C11H23NO2S/c1-11(2,8-12)9-5-4-6-10(7-9)15(3,13)14/h9-10H,4-8,12H2,1-3H3. The van der Waals surface area contributed by atoms with Gasteiger partial charge in [0.2, 0.25) is 0 Å². The summed E-state index contributed by atoms with van der Waals surface area (Å²) in [5.74, 6) is 0.455. The summed E-state index contributed by atoms with van der Waals surface area (Å²) in [4.78, 5) is 0. The highest BCUT2D eigenvalue weighted by Gasteiger charge is 2.36. The third-order valence-corrected chi connectivity index (χ3v) is 5.50. The van der Waals surface area contributed by atoms with Crippen LogP contribution in [0.15, 0.2) is 0 Å². The third-order valence-electron chi connectivity index (χ3n) is 3.86. The van der Waals surface area contributed by atoms with Crippen molar-refractivity contribution in [2.75, 3.05) is 12.8 Å². The zero-order valence-corrected chi connectivity index (χ0v) is 10.8. The van der Waals surface area contributed by atoms with Crippen molar-refractivity contribution < 1.29 is 8.42 Å². The van der Waals surface area contributed by atoms with Gasteiger partial charge in [0.05, 0.1) is 5.25 Å². The van der Waals surface area contributed by atoms with Gasteiger partial charge in [-0.25, -0.2) is 8.42 Å². The van der Waals surface area contributed by atoms with E-state index in [1.807, 2.05) is 0 Å². The molecule has 2 unspecified atom stereocenters. The van der Waals surface area contributed by atoms with Crippen molar-refractivity contribution in [1.82, 2.24) is 0 Å². The topological polar surface area (TPSA) is 60.2 Å². The molecule has 2 N–H and O–H groups in total.